The number of nitrogens with one attached hydrogen (secondary N) is 1. The Morgan fingerprint density at radius 1 is 1.04 bits per heavy atom. The van der Waals surface area contributed by atoms with Crippen LogP contribution in [0, 0.1) is 0 Å². The van der Waals surface area contributed by atoms with Crippen molar-refractivity contribution in [2.45, 2.75) is 32.4 Å². The van der Waals surface area contributed by atoms with Crippen molar-refractivity contribution in [3.8, 4) is 11.5 Å². The number of rotatable bonds is 8. The maximum Gasteiger partial charge on any atom is 0.142 e. The van der Waals surface area contributed by atoms with Crippen molar-refractivity contribution in [3.05, 3.63) is 54.1 Å². The van der Waals surface area contributed by atoms with E-state index in [1.165, 1.54) is 0 Å². The molecule has 2 aromatic carbocycles. The Morgan fingerprint density at radius 2 is 1.83 bits per heavy atom. The molecule has 0 spiro atoms. The lowest BCUT2D eigenvalue weighted by molar-refractivity contribution is 0.0682. The molecular weight excluding hydrogens is 302 g/mol. The minimum absolute atomic E-state index is 0.219. The van der Waals surface area contributed by atoms with Gasteiger partial charge in [0.15, 0.2) is 0 Å². The fourth-order valence-electron chi connectivity index (χ4n) is 2.83. The lowest BCUT2D eigenvalue weighted by atomic mass is 10.2. The average Bonchev–Trinajstić information content (AvgIpc) is 3.14. The van der Waals surface area contributed by atoms with E-state index in [0.29, 0.717) is 19.8 Å². The Hall–Kier alpha value is -2.20. The van der Waals surface area contributed by atoms with Crippen LogP contribution in [0.25, 0.3) is 0 Å². The third-order valence-electron chi connectivity index (χ3n) is 4.08. The molecule has 24 heavy (non-hydrogen) atoms. The van der Waals surface area contributed by atoms with Crippen molar-refractivity contribution in [1.29, 1.82) is 0 Å². The van der Waals surface area contributed by atoms with Crippen LogP contribution in [0.2, 0.25) is 0 Å². The van der Waals surface area contributed by atoms with Gasteiger partial charge in [0.2, 0.25) is 0 Å². The highest BCUT2D eigenvalue weighted by atomic mass is 16.5. The standard InChI is InChI=1S/C20H25NO3/c1-2-22-19-11-5-3-8-16(19)14-21-18-10-4-6-12-20(18)24-15-17-9-7-13-23-17/h3-6,8,10-12,17,21H,2,7,9,13-15H2,1H3. The minimum atomic E-state index is 0.219. The summed E-state index contributed by atoms with van der Waals surface area (Å²) in [5, 5.41) is 3.46. The molecule has 2 aromatic rings. The first-order valence-electron chi connectivity index (χ1n) is 8.65. The molecule has 0 radical (unpaired) electrons. The summed E-state index contributed by atoms with van der Waals surface area (Å²) in [6.07, 6.45) is 2.43. The summed E-state index contributed by atoms with van der Waals surface area (Å²) in [6, 6.07) is 16.1. The molecule has 0 amide bonds. The molecule has 1 N–H and O–H groups in total. The smallest absolute Gasteiger partial charge is 0.142 e. The summed E-state index contributed by atoms with van der Waals surface area (Å²) in [5.41, 5.74) is 2.12. The van der Waals surface area contributed by atoms with Crippen LogP contribution in [-0.2, 0) is 11.3 Å². The Kier molecular flexibility index (Phi) is 5.96. The van der Waals surface area contributed by atoms with Crippen molar-refractivity contribution in [2.75, 3.05) is 25.1 Å². The molecule has 1 saturated heterocycles. The van der Waals surface area contributed by atoms with E-state index in [2.05, 4.69) is 11.4 Å². The van der Waals surface area contributed by atoms with Gasteiger partial charge in [0.25, 0.3) is 0 Å². The molecule has 0 aliphatic carbocycles. The van der Waals surface area contributed by atoms with Crippen LogP contribution in [0.3, 0.4) is 0 Å². The first kappa shape index (κ1) is 16.7. The van der Waals surface area contributed by atoms with E-state index in [9.17, 15) is 0 Å². The zero-order valence-electron chi connectivity index (χ0n) is 14.2. The quantitative estimate of drug-likeness (QED) is 0.786. The van der Waals surface area contributed by atoms with Gasteiger partial charge < -0.3 is 19.5 Å². The van der Waals surface area contributed by atoms with E-state index < -0.39 is 0 Å². The van der Waals surface area contributed by atoms with Gasteiger partial charge in [-0.1, -0.05) is 30.3 Å². The zero-order chi connectivity index (χ0) is 16.6. The topological polar surface area (TPSA) is 39.7 Å². The summed E-state index contributed by atoms with van der Waals surface area (Å²) >= 11 is 0. The minimum Gasteiger partial charge on any atom is -0.494 e. The molecule has 1 aliphatic rings. The van der Waals surface area contributed by atoms with Crippen molar-refractivity contribution < 1.29 is 14.2 Å². The molecule has 3 rings (SSSR count). The third kappa shape index (κ3) is 4.42. The van der Waals surface area contributed by atoms with Crippen molar-refractivity contribution >= 4 is 5.69 Å². The van der Waals surface area contributed by atoms with Crippen LogP contribution < -0.4 is 14.8 Å². The van der Waals surface area contributed by atoms with Gasteiger partial charge in [0, 0.05) is 18.7 Å². The summed E-state index contributed by atoms with van der Waals surface area (Å²) in [7, 11) is 0. The van der Waals surface area contributed by atoms with Gasteiger partial charge in [0.05, 0.1) is 18.4 Å². The van der Waals surface area contributed by atoms with Gasteiger partial charge >= 0.3 is 0 Å². The maximum absolute atomic E-state index is 5.97. The number of ether oxygens (including phenoxy) is 3. The lowest BCUT2D eigenvalue weighted by Crippen LogP contribution is -2.17. The number of hydrogen-bond donors (Lipinski definition) is 1. The van der Waals surface area contributed by atoms with E-state index in [-0.39, 0.29) is 6.10 Å². The second kappa shape index (κ2) is 8.60. The van der Waals surface area contributed by atoms with Crippen LogP contribution in [0.5, 0.6) is 11.5 Å². The van der Waals surface area contributed by atoms with Crippen LogP contribution in [-0.4, -0.2) is 25.9 Å². The Bertz CT molecular complexity index is 638. The Labute approximate surface area is 143 Å². The Balaban J connectivity index is 1.62. The first-order valence-corrected chi connectivity index (χ1v) is 8.65. The predicted molar refractivity (Wildman–Crippen MR) is 95.8 cm³/mol. The van der Waals surface area contributed by atoms with Gasteiger partial charge in [0.1, 0.15) is 18.1 Å². The van der Waals surface area contributed by atoms with E-state index >= 15 is 0 Å². The zero-order valence-corrected chi connectivity index (χ0v) is 14.2. The summed E-state index contributed by atoms with van der Waals surface area (Å²) < 4.78 is 17.3. The third-order valence-corrected chi connectivity index (χ3v) is 4.08. The average molecular weight is 327 g/mol. The normalized spacial score (nSPS) is 16.8. The molecule has 1 fully saturated rings. The van der Waals surface area contributed by atoms with Gasteiger partial charge in [-0.15, -0.1) is 0 Å². The molecule has 128 valence electrons. The predicted octanol–water partition coefficient (Wildman–Crippen LogP) is 4.26. The van der Waals surface area contributed by atoms with Crippen LogP contribution >= 0.6 is 0 Å². The van der Waals surface area contributed by atoms with Crippen molar-refractivity contribution in [1.82, 2.24) is 0 Å². The molecule has 0 saturated carbocycles. The van der Waals surface area contributed by atoms with E-state index in [1.54, 1.807) is 0 Å². The van der Waals surface area contributed by atoms with E-state index in [0.717, 1.165) is 42.2 Å². The van der Waals surface area contributed by atoms with Gasteiger partial charge in [-0.25, -0.2) is 0 Å². The molecule has 1 atom stereocenters. The summed E-state index contributed by atoms with van der Waals surface area (Å²) in [6.45, 7) is 4.81. The molecule has 4 nitrogen and oxygen atoms in total. The monoisotopic (exact) mass is 327 g/mol. The number of anilines is 1. The molecule has 4 heteroatoms. The lowest BCUT2D eigenvalue weighted by Gasteiger charge is -2.16. The van der Waals surface area contributed by atoms with E-state index in [1.807, 2.05) is 49.4 Å². The van der Waals surface area contributed by atoms with Crippen molar-refractivity contribution in [2.24, 2.45) is 0 Å². The highest BCUT2D eigenvalue weighted by Gasteiger charge is 2.16. The van der Waals surface area contributed by atoms with Gasteiger partial charge in [-0.3, -0.25) is 0 Å². The fourth-order valence-corrected chi connectivity index (χ4v) is 2.83. The molecule has 0 bridgehead atoms. The van der Waals surface area contributed by atoms with Gasteiger partial charge in [-0.2, -0.15) is 0 Å². The maximum atomic E-state index is 5.97. The Morgan fingerprint density at radius 3 is 2.62 bits per heavy atom. The van der Waals surface area contributed by atoms with Gasteiger partial charge in [-0.05, 0) is 38.0 Å². The fraction of sp³-hybridized carbons (Fsp3) is 0.400. The highest BCUT2D eigenvalue weighted by molar-refractivity contribution is 5.56. The highest BCUT2D eigenvalue weighted by Crippen LogP contribution is 2.27. The molecular formula is C20H25NO3. The SMILES string of the molecule is CCOc1ccccc1CNc1ccccc1OCC1CCCO1. The molecule has 0 aromatic heterocycles. The number of para-hydroxylation sites is 3. The first-order chi connectivity index (χ1) is 11.9. The molecule has 1 unspecified atom stereocenters. The van der Waals surface area contributed by atoms with Crippen LogP contribution in [0.4, 0.5) is 5.69 Å². The second-order valence-electron chi connectivity index (χ2n) is 5.84. The number of benzene rings is 2. The van der Waals surface area contributed by atoms with Crippen LogP contribution in [0.15, 0.2) is 48.5 Å². The largest absolute Gasteiger partial charge is 0.494 e. The molecule has 1 aliphatic heterocycles. The summed E-state index contributed by atoms with van der Waals surface area (Å²) in [5.74, 6) is 1.78. The second-order valence-corrected chi connectivity index (χ2v) is 5.84. The van der Waals surface area contributed by atoms with Crippen LogP contribution in [0.1, 0.15) is 25.3 Å². The van der Waals surface area contributed by atoms with E-state index in [4.69, 9.17) is 14.2 Å². The summed E-state index contributed by atoms with van der Waals surface area (Å²) in [4.78, 5) is 0. The molecule has 1 heterocycles. The number of hydrogen-bond acceptors (Lipinski definition) is 4. The van der Waals surface area contributed by atoms with Crippen molar-refractivity contribution in [3.63, 3.8) is 0 Å².